The van der Waals surface area contributed by atoms with Crippen molar-refractivity contribution in [2.24, 2.45) is 0 Å². The maximum absolute atomic E-state index is 12.5. The number of aromatic nitrogens is 2. The van der Waals surface area contributed by atoms with Gasteiger partial charge < -0.3 is 10.2 Å². The minimum absolute atomic E-state index is 0.0456. The Labute approximate surface area is 107 Å². The van der Waals surface area contributed by atoms with Crippen molar-refractivity contribution in [2.75, 3.05) is 18.9 Å². The van der Waals surface area contributed by atoms with Gasteiger partial charge in [0.25, 0.3) is 0 Å². The van der Waals surface area contributed by atoms with Gasteiger partial charge in [-0.3, -0.25) is 4.79 Å². The highest BCUT2D eigenvalue weighted by Gasteiger charge is 2.33. The molecule has 2 rings (SSSR count). The molecule has 0 radical (unpaired) electrons. The van der Waals surface area contributed by atoms with Crippen LogP contribution in [-0.4, -0.2) is 40.4 Å². The van der Waals surface area contributed by atoms with E-state index in [1.54, 1.807) is 11.9 Å². The van der Waals surface area contributed by atoms with Gasteiger partial charge in [0.15, 0.2) is 0 Å². The Kier molecular flexibility index (Phi) is 3.59. The second-order valence-electron chi connectivity index (χ2n) is 4.41. The third-order valence-electron chi connectivity index (χ3n) is 2.94. The van der Waals surface area contributed by atoms with Gasteiger partial charge in [-0.25, -0.2) is 9.97 Å². The van der Waals surface area contributed by atoms with E-state index in [0.29, 0.717) is 13.0 Å². The molecule has 1 aliphatic heterocycles. The second kappa shape index (κ2) is 5.02. The van der Waals surface area contributed by atoms with E-state index >= 15 is 0 Å². The first-order valence-corrected chi connectivity index (χ1v) is 5.77. The zero-order valence-electron chi connectivity index (χ0n) is 10.2. The van der Waals surface area contributed by atoms with Crippen molar-refractivity contribution >= 4 is 11.9 Å². The van der Waals surface area contributed by atoms with Gasteiger partial charge in [0.2, 0.25) is 11.9 Å². The Morgan fingerprint density at radius 1 is 1.47 bits per heavy atom. The Hall–Kier alpha value is -1.86. The lowest BCUT2D eigenvalue weighted by Gasteiger charge is -2.29. The maximum atomic E-state index is 12.5. The van der Waals surface area contributed by atoms with Crippen LogP contribution in [0.25, 0.3) is 0 Å². The second-order valence-corrected chi connectivity index (χ2v) is 4.41. The number of hydrogen-bond acceptors (Lipinski definition) is 4. The smallest absolute Gasteiger partial charge is 0.351 e. The van der Waals surface area contributed by atoms with Crippen molar-refractivity contribution in [1.82, 2.24) is 14.9 Å². The topological polar surface area (TPSA) is 58.1 Å². The molecule has 1 fully saturated rings. The molecule has 1 saturated heterocycles. The zero-order valence-corrected chi connectivity index (χ0v) is 10.2. The predicted octanol–water partition coefficient (Wildman–Crippen LogP) is 1.53. The standard InChI is InChI=1S/C11H13F3N4O/c1-18-5-3-7(6-9(18)19)16-10-15-4-2-8(17-10)11(12,13)14/h2,4,7H,3,5-6H2,1H3,(H,15,16,17). The third kappa shape index (κ3) is 3.33. The molecular weight excluding hydrogens is 261 g/mol. The van der Waals surface area contributed by atoms with Gasteiger partial charge in [-0.05, 0) is 12.5 Å². The molecule has 5 nitrogen and oxygen atoms in total. The molecule has 1 aromatic heterocycles. The summed E-state index contributed by atoms with van der Waals surface area (Å²) in [5.74, 6) is -0.145. The van der Waals surface area contributed by atoms with E-state index < -0.39 is 11.9 Å². The van der Waals surface area contributed by atoms with Crippen molar-refractivity contribution in [3.05, 3.63) is 18.0 Å². The first-order valence-electron chi connectivity index (χ1n) is 5.77. The van der Waals surface area contributed by atoms with E-state index in [1.165, 1.54) is 0 Å². The van der Waals surface area contributed by atoms with Crippen molar-refractivity contribution < 1.29 is 18.0 Å². The first-order chi connectivity index (χ1) is 8.86. The molecule has 1 aromatic rings. The normalized spacial score (nSPS) is 20.5. The quantitative estimate of drug-likeness (QED) is 0.888. The number of nitrogens with one attached hydrogen (secondary N) is 1. The van der Waals surface area contributed by atoms with Crippen LogP contribution in [0.5, 0.6) is 0 Å². The number of hydrogen-bond donors (Lipinski definition) is 1. The van der Waals surface area contributed by atoms with Gasteiger partial charge in [0.05, 0.1) is 0 Å². The van der Waals surface area contributed by atoms with E-state index in [2.05, 4.69) is 15.3 Å². The Morgan fingerprint density at radius 3 is 2.84 bits per heavy atom. The molecule has 0 saturated carbocycles. The summed E-state index contributed by atoms with van der Waals surface area (Å²) in [4.78, 5) is 20.2. The average molecular weight is 274 g/mol. The number of carbonyl (C=O) groups excluding carboxylic acids is 1. The Morgan fingerprint density at radius 2 is 2.21 bits per heavy atom. The van der Waals surface area contributed by atoms with E-state index in [4.69, 9.17) is 0 Å². The summed E-state index contributed by atoms with van der Waals surface area (Å²) >= 11 is 0. The highest BCUT2D eigenvalue weighted by molar-refractivity contribution is 5.77. The van der Waals surface area contributed by atoms with Crippen molar-refractivity contribution in [2.45, 2.75) is 25.1 Å². The number of amides is 1. The fraction of sp³-hybridized carbons (Fsp3) is 0.545. The number of anilines is 1. The average Bonchev–Trinajstić information content (AvgIpc) is 2.33. The Balaban J connectivity index is 2.06. The number of nitrogens with zero attached hydrogens (tertiary/aromatic N) is 3. The summed E-state index contributed by atoms with van der Waals surface area (Å²) in [5.41, 5.74) is -0.996. The summed E-state index contributed by atoms with van der Waals surface area (Å²) < 4.78 is 37.4. The molecule has 19 heavy (non-hydrogen) atoms. The fourth-order valence-corrected chi connectivity index (χ4v) is 1.83. The Bertz CT molecular complexity index is 477. The van der Waals surface area contributed by atoms with E-state index in [1.807, 2.05) is 0 Å². The molecule has 2 heterocycles. The molecule has 0 bridgehead atoms. The number of carbonyl (C=O) groups is 1. The molecule has 104 valence electrons. The number of alkyl halides is 3. The SMILES string of the molecule is CN1CCC(Nc2nccc(C(F)(F)F)n2)CC1=O. The van der Waals surface area contributed by atoms with Crippen LogP contribution in [0.2, 0.25) is 0 Å². The van der Waals surface area contributed by atoms with Gasteiger partial charge in [-0.15, -0.1) is 0 Å². The molecule has 1 atom stereocenters. The lowest BCUT2D eigenvalue weighted by molar-refractivity contribution is -0.141. The molecule has 1 amide bonds. The lowest BCUT2D eigenvalue weighted by Crippen LogP contribution is -2.41. The zero-order chi connectivity index (χ0) is 14.0. The van der Waals surface area contributed by atoms with Crippen molar-refractivity contribution in [3.8, 4) is 0 Å². The maximum Gasteiger partial charge on any atom is 0.433 e. The molecular formula is C11H13F3N4O. The molecule has 1 aliphatic rings. The molecule has 1 unspecified atom stereocenters. The van der Waals surface area contributed by atoms with Crippen LogP contribution in [0.15, 0.2) is 12.3 Å². The van der Waals surface area contributed by atoms with E-state index in [0.717, 1.165) is 12.3 Å². The summed E-state index contributed by atoms with van der Waals surface area (Å²) in [6, 6.07) is 0.581. The van der Waals surface area contributed by atoms with Gasteiger partial charge >= 0.3 is 6.18 Å². The minimum atomic E-state index is -4.50. The summed E-state index contributed by atoms with van der Waals surface area (Å²) in [6.07, 6.45) is -2.56. The summed E-state index contributed by atoms with van der Waals surface area (Å²) in [7, 11) is 1.69. The number of rotatable bonds is 2. The van der Waals surface area contributed by atoms with Gasteiger partial charge in [-0.2, -0.15) is 13.2 Å². The molecule has 8 heteroatoms. The van der Waals surface area contributed by atoms with Crippen LogP contribution >= 0.6 is 0 Å². The van der Waals surface area contributed by atoms with E-state index in [9.17, 15) is 18.0 Å². The minimum Gasteiger partial charge on any atom is -0.351 e. The number of piperidine rings is 1. The monoisotopic (exact) mass is 274 g/mol. The largest absolute Gasteiger partial charge is 0.433 e. The van der Waals surface area contributed by atoms with Crippen molar-refractivity contribution in [1.29, 1.82) is 0 Å². The fourth-order valence-electron chi connectivity index (χ4n) is 1.83. The molecule has 0 spiro atoms. The van der Waals surface area contributed by atoms with Gasteiger partial charge in [0, 0.05) is 32.3 Å². The molecule has 0 aromatic carbocycles. The van der Waals surface area contributed by atoms with Crippen molar-refractivity contribution in [3.63, 3.8) is 0 Å². The van der Waals surface area contributed by atoms with Crippen LogP contribution in [0.4, 0.5) is 19.1 Å². The first kappa shape index (κ1) is 13.6. The van der Waals surface area contributed by atoms with Gasteiger partial charge in [0.1, 0.15) is 5.69 Å². The predicted molar refractivity (Wildman–Crippen MR) is 61.3 cm³/mol. The number of likely N-dealkylation sites (tertiary alicyclic amines) is 1. The molecule has 1 N–H and O–H groups in total. The highest BCUT2D eigenvalue weighted by atomic mass is 19.4. The van der Waals surface area contributed by atoms with E-state index in [-0.39, 0.29) is 24.3 Å². The highest BCUT2D eigenvalue weighted by Crippen LogP contribution is 2.27. The summed E-state index contributed by atoms with van der Waals surface area (Å²) in [5, 5.41) is 2.77. The summed E-state index contributed by atoms with van der Waals surface area (Å²) in [6.45, 7) is 0.565. The molecule has 0 aliphatic carbocycles. The van der Waals surface area contributed by atoms with Gasteiger partial charge in [-0.1, -0.05) is 0 Å². The van der Waals surface area contributed by atoms with Crippen LogP contribution in [-0.2, 0) is 11.0 Å². The number of halogens is 3. The lowest BCUT2D eigenvalue weighted by atomic mass is 10.1. The van der Waals surface area contributed by atoms with Crippen LogP contribution < -0.4 is 5.32 Å². The van der Waals surface area contributed by atoms with Crippen LogP contribution in [0.3, 0.4) is 0 Å². The third-order valence-corrected chi connectivity index (χ3v) is 2.94. The van der Waals surface area contributed by atoms with Crippen LogP contribution in [0, 0.1) is 0 Å². The van der Waals surface area contributed by atoms with Crippen LogP contribution in [0.1, 0.15) is 18.5 Å².